The van der Waals surface area contributed by atoms with Gasteiger partial charge in [0.1, 0.15) is 17.5 Å². The van der Waals surface area contributed by atoms with Crippen LogP contribution in [0, 0.1) is 11.8 Å². The standard InChI is InChI=1S/C23H33NO5/c1-14(2)17-13-18(19-11-12-20(25)28-19)24(22(26)29-23(3,4)5)21(17)15-7-9-16(27-6)10-8-15/h7-10,14,17-19,21H,11-13H2,1-6H3/t17-,18-,19-,21-/m0/s1. The maximum absolute atomic E-state index is 13.3. The second kappa shape index (κ2) is 8.25. The van der Waals surface area contributed by atoms with Gasteiger partial charge in [-0.2, -0.15) is 0 Å². The molecular weight excluding hydrogens is 370 g/mol. The van der Waals surface area contributed by atoms with Crippen LogP contribution in [0.4, 0.5) is 4.79 Å². The molecule has 6 heteroatoms. The molecule has 6 nitrogen and oxygen atoms in total. The van der Waals surface area contributed by atoms with E-state index in [2.05, 4.69) is 13.8 Å². The van der Waals surface area contributed by atoms with E-state index < -0.39 is 5.60 Å². The maximum Gasteiger partial charge on any atom is 0.411 e. The van der Waals surface area contributed by atoms with E-state index >= 15 is 0 Å². The third-order valence-electron chi connectivity index (χ3n) is 5.84. The first-order valence-electron chi connectivity index (χ1n) is 10.5. The predicted octanol–water partition coefficient (Wildman–Crippen LogP) is 4.72. The van der Waals surface area contributed by atoms with Crippen LogP contribution in [0.2, 0.25) is 0 Å². The Balaban J connectivity index is 2.00. The number of carbonyl (C=O) groups is 2. The monoisotopic (exact) mass is 403 g/mol. The van der Waals surface area contributed by atoms with Crippen molar-refractivity contribution < 1.29 is 23.8 Å². The summed E-state index contributed by atoms with van der Waals surface area (Å²) in [6.07, 6.45) is 1.20. The summed E-state index contributed by atoms with van der Waals surface area (Å²) in [6, 6.07) is 7.54. The third kappa shape index (κ3) is 4.68. The van der Waals surface area contributed by atoms with Crippen LogP contribution < -0.4 is 4.74 Å². The molecule has 2 aliphatic heterocycles. The number of amides is 1. The number of nitrogens with zero attached hydrogens (tertiary/aromatic N) is 1. The summed E-state index contributed by atoms with van der Waals surface area (Å²) >= 11 is 0. The van der Waals surface area contributed by atoms with E-state index in [1.165, 1.54) is 0 Å². The van der Waals surface area contributed by atoms with Crippen molar-refractivity contribution in [3.63, 3.8) is 0 Å². The Bertz CT molecular complexity index is 737. The van der Waals surface area contributed by atoms with Crippen molar-refractivity contribution in [3.8, 4) is 5.75 Å². The van der Waals surface area contributed by atoms with Gasteiger partial charge in [0.15, 0.2) is 0 Å². The molecule has 1 aromatic carbocycles. The van der Waals surface area contributed by atoms with Crippen LogP contribution in [0.15, 0.2) is 24.3 Å². The van der Waals surface area contributed by atoms with Gasteiger partial charge in [-0.3, -0.25) is 9.69 Å². The Morgan fingerprint density at radius 3 is 2.34 bits per heavy atom. The van der Waals surface area contributed by atoms with Gasteiger partial charge >= 0.3 is 12.1 Å². The minimum Gasteiger partial charge on any atom is -0.497 e. The number of ether oxygens (including phenoxy) is 3. The lowest BCUT2D eigenvalue weighted by Gasteiger charge is -2.35. The van der Waals surface area contributed by atoms with Crippen molar-refractivity contribution in [1.29, 1.82) is 0 Å². The highest BCUT2D eigenvalue weighted by molar-refractivity contribution is 5.73. The molecule has 1 amide bonds. The summed E-state index contributed by atoms with van der Waals surface area (Å²) in [7, 11) is 1.64. The second-order valence-corrected chi connectivity index (χ2v) is 9.38. The first kappa shape index (κ1) is 21.5. The minimum atomic E-state index is -0.603. The molecule has 2 heterocycles. The van der Waals surface area contributed by atoms with E-state index in [1.807, 2.05) is 49.9 Å². The van der Waals surface area contributed by atoms with E-state index in [1.54, 1.807) is 7.11 Å². The number of likely N-dealkylation sites (tertiary alicyclic amines) is 1. The van der Waals surface area contributed by atoms with Crippen LogP contribution in [0.25, 0.3) is 0 Å². The van der Waals surface area contributed by atoms with Crippen LogP contribution in [0.1, 0.15) is 65.5 Å². The van der Waals surface area contributed by atoms with E-state index in [-0.39, 0.29) is 36.2 Å². The third-order valence-corrected chi connectivity index (χ3v) is 5.84. The summed E-state index contributed by atoms with van der Waals surface area (Å²) in [6.45, 7) is 9.96. The number of rotatable bonds is 4. The molecule has 0 unspecified atom stereocenters. The number of benzene rings is 1. The zero-order valence-electron chi connectivity index (χ0n) is 18.3. The van der Waals surface area contributed by atoms with E-state index in [4.69, 9.17) is 14.2 Å². The fourth-order valence-corrected chi connectivity index (χ4v) is 4.49. The number of esters is 1. The normalized spacial score (nSPS) is 27.3. The molecule has 1 aromatic rings. The lowest BCUT2D eigenvalue weighted by Crippen LogP contribution is -2.46. The zero-order valence-corrected chi connectivity index (χ0v) is 18.3. The molecule has 0 N–H and O–H groups in total. The molecule has 2 fully saturated rings. The Morgan fingerprint density at radius 1 is 1.21 bits per heavy atom. The Morgan fingerprint density at radius 2 is 1.86 bits per heavy atom. The lowest BCUT2D eigenvalue weighted by atomic mass is 9.84. The molecule has 2 saturated heterocycles. The first-order valence-corrected chi connectivity index (χ1v) is 10.5. The fraction of sp³-hybridized carbons (Fsp3) is 0.652. The largest absolute Gasteiger partial charge is 0.497 e. The quantitative estimate of drug-likeness (QED) is 0.681. The van der Waals surface area contributed by atoms with Gasteiger partial charge in [-0.25, -0.2) is 4.79 Å². The smallest absolute Gasteiger partial charge is 0.411 e. The van der Waals surface area contributed by atoms with E-state index in [9.17, 15) is 9.59 Å². The van der Waals surface area contributed by atoms with Crippen molar-refractivity contribution in [1.82, 2.24) is 4.90 Å². The number of hydrogen-bond acceptors (Lipinski definition) is 5. The van der Waals surface area contributed by atoms with Gasteiger partial charge in [-0.05, 0) is 63.1 Å². The summed E-state index contributed by atoms with van der Waals surface area (Å²) in [5.74, 6) is 1.18. The first-order chi connectivity index (χ1) is 13.6. The molecule has 2 aliphatic rings. The van der Waals surface area contributed by atoms with Gasteiger partial charge in [0.25, 0.3) is 0 Å². The van der Waals surface area contributed by atoms with Gasteiger partial charge < -0.3 is 14.2 Å². The van der Waals surface area contributed by atoms with Crippen molar-refractivity contribution in [2.24, 2.45) is 11.8 Å². The van der Waals surface area contributed by atoms with Gasteiger partial charge in [0.05, 0.1) is 19.2 Å². The topological polar surface area (TPSA) is 65.1 Å². The van der Waals surface area contributed by atoms with Gasteiger partial charge in [-0.1, -0.05) is 26.0 Å². The van der Waals surface area contributed by atoms with E-state index in [0.717, 1.165) is 17.7 Å². The van der Waals surface area contributed by atoms with Gasteiger partial charge in [-0.15, -0.1) is 0 Å². The Labute approximate surface area is 173 Å². The molecule has 160 valence electrons. The van der Waals surface area contributed by atoms with E-state index in [0.29, 0.717) is 18.8 Å². The minimum absolute atomic E-state index is 0.139. The Hall–Kier alpha value is -2.24. The molecule has 0 aromatic heterocycles. The molecule has 0 bridgehead atoms. The highest BCUT2D eigenvalue weighted by Gasteiger charge is 2.51. The van der Waals surface area contributed by atoms with Crippen molar-refractivity contribution >= 4 is 12.1 Å². The number of carbonyl (C=O) groups excluding carboxylic acids is 2. The van der Waals surface area contributed by atoms with Crippen molar-refractivity contribution in [2.45, 2.75) is 77.7 Å². The Kier molecular flexibility index (Phi) is 6.11. The van der Waals surface area contributed by atoms with Gasteiger partial charge in [0, 0.05) is 6.42 Å². The van der Waals surface area contributed by atoms with Crippen LogP contribution in [0.5, 0.6) is 5.75 Å². The summed E-state index contributed by atoms with van der Waals surface area (Å²) in [4.78, 5) is 26.9. The second-order valence-electron chi connectivity index (χ2n) is 9.38. The number of methoxy groups -OCH3 is 1. The molecule has 29 heavy (non-hydrogen) atoms. The van der Waals surface area contributed by atoms with Crippen LogP contribution >= 0.6 is 0 Å². The molecule has 3 rings (SSSR count). The molecule has 0 saturated carbocycles. The predicted molar refractivity (Wildman–Crippen MR) is 110 cm³/mol. The average molecular weight is 404 g/mol. The lowest BCUT2D eigenvalue weighted by molar-refractivity contribution is -0.143. The number of hydrogen-bond donors (Lipinski definition) is 0. The highest BCUT2D eigenvalue weighted by atomic mass is 16.6. The van der Waals surface area contributed by atoms with Crippen LogP contribution in [-0.2, 0) is 14.3 Å². The zero-order chi connectivity index (χ0) is 21.3. The molecule has 0 radical (unpaired) electrons. The summed E-state index contributed by atoms with van der Waals surface area (Å²) in [5, 5.41) is 0. The highest BCUT2D eigenvalue weighted by Crippen LogP contribution is 2.48. The molecule has 4 atom stereocenters. The van der Waals surface area contributed by atoms with Crippen molar-refractivity contribution in [3.05, 3.63) is 29.8 Å². The summed E-state index contributed by atoms with van der Waals surface area (Å²) < 4.78 is 16.7. The fourth-order valence-electron chi connectivity index (χ4n) is 4.49. The maximum atomic E-state index is 13.3. The molecule has 0 aliphatic carbocycles. The molecule has 0 spiro atoms. The molecular formula is C23H33NO5. The van der Waals surface area contributed by atoms with Gasteiger partial charge in [0.2, 0.25) is 0 Å². The summed E-state index contributed by atoms with van der Waals surface area (Å²) in [5.41, 5.74) is 0.441. The number of cyclic esters (lactones) is 1. The average Bonchev–Trinajstić information content (AvgIpc) is 3.24. The SMILES string of the molecule is COc1ccc([C@H]2[C@H](C(C)C)C[C@@H]([C@@H]3CCC(=O)O3)N2C(=O)OC(C)(C)C)cc1. The van der Waals surface area contributed by atoms with Crippen molar-refractivity contribution in [2.75, 3.05) is 7.11 Å². The van der Waals surface area contributed by atoms with Crippen LogP contribution in [0.3, 0.4) is 0 Å². The van der Waals surface area contributed by atoms with Crippen LogP contribution in [-0.4, -0.2) is 41.8 Å².